The average molecular weight is 328 g/mol. The lowest BCUT2D eigenvalue weighted by molar-refractivity contribution is -0.204. The molecule has 0 spiro atoms. The summed E-state index contributed by atoms with van der Waals surface area (Å²) in [5.74, 6) is 0.361. The van der Waals surface area contributed by atoms with Gasteiger partial charge in [-0.05, 0) is 62.1 Å². The van der Waals surface area contributed by atoms with Crippen LogP contribution in [0.5, 0.6) is 0 Å². The molecule has 2 heterocycles. The molecular formula is C20H24O4. The summed E-state index contributed by atoms with van der Waals surface area (Å²) >= 11 is 0. The second kappa shape index (κ2) is 5.33. The maximum atomic E-state index is 13.0. The van der Waals surface area contributed by atoms with E-state index in [-0.39, 0.29) is 29.0 Å². The van der Waals surface area contributed by atoms with E-state index in [9.17, 15) is 9.59 Å². The highest BCUT2D eigenvalue weighted by Gasteiger charge is 2.65. The minimum atomic E-state index is -0.557. The first-order chi connectivity index (χ1) is 11.5. The Morgan fingerprint density at radius 3 is 2.92 bits per heavy atom. The SMILES string of the molecule is CC1=CC(=O)C[C@H]2[C@]13CC[C@H](C)[C@]2(CCc1ccoc1)C(=O)OC3. The fourth-order valence-electron chi connectivity index (χ4n) is 5.50. The first-order valence-corrected chi connectivity index (χ1v) is 8.89. The Hall–Kier alpha value is -1.84. The lowest BCUT2D eigenvalue weighted by Crippen LogP contribution is -2.63. The molecule has 4 rings (SSSR count). The van der Waals surface area contributed by atoms with Gasteiger partial charge >= 0.3 is 5.97 Å². The first-order valence-electron chi connectivity index (χ1n) is 8.89. The van der Waals surface area contributed by atoms with E-state index in [1.54, 1.807) is 18.6 Å². The molecule has 0 radical (unpaired) electrons. The van der Waals surface area contributed by atoms with Gasteiger partial charge in [-0.1, -0.05) is 12.5 Å². The summed E-state index contributed by atoms with van der Waals surface area (Å²) in [5.41, 5.74) is 1.51. The molecule has 24 heavy (non-hydrogen) atoms. The van der Waals surface area contributed by atoms with Crippen LogP contribution >= 0.6 is 0 Å². The topological polar surface area (TPSA) is 56.5 Å². The Balaban J connectivity index is 1.77. The van der Waals surface area contributed by atoms with Crippen molar-refractivity contribution in [2.45, 2.75) is 46.0 Å². The van der Waals surface area contributed by atoms with Gasteiger partial charge in [-0.15, -0.1) is 0 Å². The van der Waals surface area contributed by atoms with E-state index < -0.39 is 5.41 Å². The first kappa shape index (κ1) is 15.7. The van der Waals surface area contributed by atoms with E-state index >= 15 is 0 Å². The third-order valence-electron chi connectivity index (χ3n) is 7.01. The maximum absolute atomic E-state index is 13.0. The molecule has 4 nitrogen and oxygen atoms in total. The fourth-order valence-corrected chi connectivity index (χ4v) is 5.50. The van der Waals surface area contributed by atoms with Gasteiger partial charge in [0.15, 0.2) is 5.78 Å². The maximum Gasteiger partial charge on any atom is 0.312 e. The predicted octanol–water partition coefficient (Wildman–Crippen LogP) is 3.71. The molecule has 2 bridgehead atoms. The molecule has 0 N–H and O–H groups in total. The van der Waals surface area contributed by atoms with Crippen molar-refractivity contribution in [2.24, 2.45) is 22.7 Å². The fraction of sp³-hybridized carbons (Fsp3) is 0.600. The second-order valence-corrected chi connectivity index (χ2v) is 7.89. The van der Waals surface area contributed by atoms with Crippen molar-refractivity contribution in [3.8, 4) is 0 Å². The Bertz CT molecular complexity index is 701. The number of ether oxygens (including phenoxy) is 1. The van der Waals surface area contributed by atoms with Gasteiger partial charge in [0.1, 0.15) is 6.61 Å². The summed E-state index contributed by atoms with van der Waals surface area (Å²) in [6.45, 7) is 4.64. The quantitative estimate of drug-likeness (QED) is 0.794. The summed E-state index contributed by atoms with van der Waals surface area (Å²) in [4.78, 5) is 25.3. The number of aryl methyl sites for hydroxylation is 1. The minimum Gasteiger partial charge on any atom is -0.472 e. The zero-order valence-corrected chi connectivity index (χ0v) is 14.3. The number of carbonyl (C=O) groups is 2. The van der Waals surface area contributed by atoms with Crippen molar-refractivity contribution in [3.05, 3.63) is 35.8 Å². The van der Waals surface area contributed by atoms with Gasteiger partial charge < -0.3 is 9.15 Å². The van der Waals surface area contributed by atoms with Crippen molar-refractivity contribution in [1.82, 2.24) is 0 Å². The van der Waals surface area contributed by atoms with Crippen LogP contribution in [0.25, 0.3) is 0 Å². The number of allylic oxidation sites excluding steroid dienone is 1. The molecule has 4 atom stereocenters. The Morgan fingerprint density at radius 1 is 1.33 bits per heavy atom. The number of carbonyl (C=O) groups excluding carboxylic acids is 2. The summed E-state index contributed by atoms with van der Waals surface area (Å²) in [6.07, 6.45) is 9.18. The largest absolute Gasteiger partial charge is 0.472 e. The molecule has 2 fully saturated rings. The van der Waals surface area contributed by atoms with Crippen LogP contribution in [0.4, 0.5) is 0 Å². The molecule has 0 amide bonds. The molecule has 1 aliphatic heterocycles. The summed E-state index contributed by atoms with van der Waals surface area (Å²) in [7, 11) is 0. The van der Waals surface area contributed by atoms with Gasteiger partial charge in [0, 0.05) is 11.8 Å². The highest BCUT2D eigenvalue weighted by molar-refractivity contribution is 5.93. The van der Waals surface area contributed by atoms with Crippen LogP contribution in [0.3, 0.4) is 0 Å². The zero-order chi connectivity index (χ0) is 16.9. The molecule has 1 saturated carbocycles. The van der Waals surface area contributed by atoms with Gasteiger partial charge in [-0.2, -0.15) is 0 Å². The van der Waals surface area contributed by atoms with Crippen LogP contribution in [0.15, 0.2) is 34.7 Å². The summed E-state index contributed by atoms with van der Waals surface area (Å²) in [5, 5.41) is 0. The number of hydrogen-bond acceptors (Lipinski definition) is 4. The van der Waals surface area contributed by atoms with Gasteiger partial charge in [0.25, 0.3) is 0 Å². The van der Waals surface area contributed by atoms with E-state index in [1.165, 1.54) is 0 Å². The number of cyclic esters (lactones) is 1. The lowest BCUT2D eigenvalue weighted by atomic mass is 9.44. The van der Waals surface area contributed by atoms with Crippen LogP contribution in [0.1, 0.15) is 45.1 Å². The number of hydrogen-bond donors (Lipinski definition) is 0. The van der Waals surface area contributed by atoms with E-state index in [0.29, 0.717) is 13.0 Å². The third-order valence-corrected chi connectivity index (χ3v) is 7.01. The lowest BCUT2D eigenvalue weighted by Gasteiger charge is -2.61. The monoisotopic (exact) mass is 328 g/mol. The molecule has 1 saturated heterocycles. The molecule has 1 aromatic heterocycles. The average Bonchev–Trinajstić information content (AvgIpc) is 3.06. The van der Waals surface area contributed by atoms with Crippen LogP contribution < -0.4 is 0 Å². The van der Waals surface area contributed by atoms with Crippen molar-refractivity contribution in [2.75, 3.05) is 6.61 Å². The Kier molecular flexibility index (Phi) is 3.48. The molecular weight excluding hydrogens is 304 g/mol. The minimum absolute atomic E-state index is 0.0689. The third kappa shape index (κ3) is 1.98. The number of furan rings is 1. The molecule has 0 unspecified atom stereocenters. The molecule has 1 aromatic rings. The van der Waals surface area contributed by atoms with Gasteiger partial charge in [0.05, 0.1) is 17.9 Å². The Labute approximate surface area is 142 Å². The van der Waals surface area contributed by atoms with Crippen LogP contribution in [0.2, 0.25) is 0 Å². The standard InChI is InChI=1S/C20H24O4/c1-13-3-6-19-12-24-18(22)20(13,7-4-15-5-8-23-11-15)17(19)10-16(21)9-14(19)2/h5,8-9,11,13,17H,3-4,6-7,10,12H2,1-2H3/t13-,17-,19-,20-/m0/s1. The molecule has 3 aliphatic rings. The molecule has 4 heteroatoms. The van der Waals surface area contributed by atoms with Crippen molar-refractivity contribution >= 4 is 11.8 Å². The van der Waals surface area contributed by atoms with Crippen molar-refractivity contribution < 1.29 is 18.7 Å². The van der Waals surface area contributed by atoms with E-state index in [4.69, 9.17) is 9.15 Å². The smallest absolute Gasteiger partial charge is 0.312 e. The van der Waals surface area contributed by atoms with Crippen LogP contribution in [-0.4, -0.2) is 18.4 Å². The summed E-state index contributed by atoms with van der Waals surface area (Å²) < 4.78 is 10.9. The van der Waals surface area contributed by atoms with Gasteiger partial charge in [-0.25, -0.2) is 0 Å². The summed E-state index contributed by atoms with van der Waals surface area (Å²) in [6, 6.07) is 1.95. The number of esters is 1. The molecule has 2 aliphatic carbocycles. The van der Waals surface area contributed by atoms with E-state index in [0.717, 1.165) is 36.8 Å². The predicted molar refractivity (Wildman–Crippen MR) is 88.1 cm³/mol. The van der Waals surface area contributed by atoms with Crippen LogP contribution in [0, 0.1) is 22.7 Å². The van der Waals surface area contributed by atoms with Crippen LogP contribution in [-0.2, 0) is 20.7 Å². The number of rotatable bonds is 3. The van der Waals surface area contributed by atoms with Gasteiger partial charge in [0.2, 0.25) is 0 Å². The van der Waals surface area contributed by atoms with Crippen molar-refractivity contribution in [1.29, 1.82) is 0 Å². The molecule has 128 valence electrons. The highest BCUT2D eigenvalue weighted by Crippen LogP contribution is 2.64. The normalized spacial score (nSPS) is 38.3. The van der Waals surface area contributed by atoms with Gasteiger partial charge in [-0.3, -0.25) is 9.59 Å². The molecule has 0 aromatic carbocycles. The van der Waals surface area contributed by atoms with Crippen molar-refractivity contribution in [3.63, 3.8) is 0 Å². The zero-order valence-electron chi connectivity index (χ0n) is 14.3. The van der Waals surface area contributed by atoms with E-state index in [1.807, 2.05) is 13.0 Å². The Morgan fingerprint density at radius 2 is 2.17 bits per heavy atom. The van der Waals surface area contributed by atoms with E-state index in [2.05, 4.69) is 6.92 Å². The number of ketones is 1. The highest BCUT2D eigenvalue weighted by atomic mass is 16.5. The second-order valence-electron chi connectivity index (χ2n) is 7.89.